The smallest absolute Gasteiger partial charge is 0.152 e. The van der Waals surface area contributed by atoms with Crippen LogP contribution in [0.5, 0.6) is 0 Å². The van der Waals surface area contributed by atoms with Crippen LogP contribution in [-0.2, 0) is 0 Å². The number of thiophene rings is 1. The predicted octanol–water partition coefficient (Wildman–Crippen LogP) is 3.49. The van der Waals surface area contributed by atoms with Crippen molar-refractivity contribution in [1.29, 1.82) is 0 Å². The van der Waals surface area contributed by atoms with Crippen LogP contribution in [0.1, 0.15) is 43.3 Å². The number of nitrogens with zero attached hydrogens (tertiary/aromatic N) is 2. The lowest BCUT2D eigenvalue weighted by atomic mass is 10.0. The fourth-order valence-corrected chi connectivity index (χ4v) is 2.94. The molecule has 0 spiro atoms. The summed E-state index contributed by atoms with van der Waals surface area (Å²) in [5.74, 6) is 1.23. The highest BCUT2D eigenvalue weighted by atomic mass is 32.1. The summed E-state index contributed by atoms with van der Waals surface area (Å²) in [7, 11) is 0. The number of aryl methyl sites for hydroxylation is 1. The van der Waals surface area contributed by atoms with E-state index < -0.39 is 0 Å². The molecule has 2 aromatic heterocycles. The molecule has 0 saturated heterocycles. The first-order chi connectivity index (χ1) is 8.67. The molecule has 96 valence electrons. The van der Waals surface area contributed by atoms with E-state index in [0.717, 1.165) is 23.5 Å². The monoisotopic (exact) mass is 261 g/mol. The van der Waals surface area contributed by atoms with Gasteiger partial charge < -0.3 is 5.73 Å². The molecule has 18 heavy (non-hydrogen) atoms. The van der Waals surface area contributed by atoms with Gasteiger partial charge in [-0.1, -0.05) is 19.9 Å². The average Bonchev–Trinajstić information content (AvgIpc) is 2.76. The van der Waals surface area contributed by atoms with Crippen molar-refractivity contribution < 1.29 is 0 Å². The number of hydrogen-bond donors (Lipinski definition) is 1. The Balaban J connectivity index is 2.62. The molecule has 0 aromatic carbocycles. The summed E-state index contributed by atoms with van der Waals surface area (Å²) in [4.78, 5) is 9.29. The minimum absolute atomic E-state index is 0.457. The highest BCUT2D eigenvalue weighted by Gasteiger charge is 2.14. The van der Waals surface area contributed by atoms with Gasteiger partial charge in [0, 0.05) is 6.54 Å². The highest BCUT2D eigenvalue weighted by Crippen LogP contribution is 2.31. The topological polar surface area (TPSA) is 51.8 Å². The third-order valence-electron chi connectivity index (χ3n) is 3.12. The van der Waals surface area contributed by atoms with Crippen molar-refractivity contribution in [2.45, 2.75) is 33.1 Å². The molecule has 2 aromatic rings. The van der Waals surface area contributed by atoms with Gasteiger partial charge in [-0.05, 0) is 36.3 Å². The van der Waals surface area contributed by atoms with E-state index in [9.17, 15) is 0 Å². The van der Waals surface area contributed by atoms with Crippen molar-refractivity contribution in [2.75, 3.05) is 6.54 Å². The first kappa shape index (κ1) is 13.2. The van der Waals surface area contributed by atoms with Gasteiger partial charge in [0.05, 0.1) is 15.9 Å². The maximum absolute atomic E-state index is 5.48. The number of rotatable bonds is 4. The SMILES string of the molecule is CCC(C)c1nc(/C=C/CN)nc2c(C)csc12. The lowest BCUT2D eigenvalue weighted by molar-refractivity contribution is 0.713. The quantitative estimate of drug-likeness (QED) is 0.916. The van der Waals surface area contributed by atoms with Gasteiger partial charge in [-0.15, -0.1) is 11.3 Å². The van der Waals surface area contributed by atoms with E-state index in [2.05, 4.69) is 36.1 Å². The molecule has 0 amide bonds. The molecule has 1 unspecified atom stereocenters. The van der Waals surface area contributed by atoms with Gasteiger partial charge in [0.2, 0.25) is 0 Å². The molecule has 0 fully saturated rings. The molecule has 0 aliphatic heterocycles. The third kappa shape index (κ3) is 2.44. The van der Waals surface area contributed by atoms with Crippen LogP contribution in [0.25, 0.3) is 16.3 Å². The van der Waals surface area contributed by atoms with E-state index in [1.807, 2.05) is 12.2 Å². The van der Waals surface area contributed by atoms with E-state index in [0.29, 0.717) is 12.5 Å². The molecule has 0 radical (unpaired) electrons. The van der Waals surface area contributed by atoms with Crippen LogP contribution in [-0.4, -0.2) is 16.5 Å². The molecule has 2 rings (SSSR count). The average molecular weight is 261 g/mol. The fourth-order valence-electron chi connectivity index (χ4n) is 1.85. The van der Waals surface area contributed by atoms with Gasteiger partial charge in [0.25, 0.3) is 0 Å². The van der Waals surface area contributed by atoms with Crippen molar-refractivity contribution in [1.82, 2.24) is 9.97 Å². The van der Waals surface area contributed by atoms with Crippen LogP contribution >= 0.6 is 11.3 Å². The number of fused-ring (bicyclic) bond motifs is 1. The Morgan fingerprint density at radius 3 is 2.89 bits per heavy atom. The second-order valence-corrected chi connectivity index (χ2v) is 5.39. The molecule has 3 nitrogen and oxygen atoms in total. The number of hydrogen-bond acceptors (Lipinski definition) is 4. The predicted molar refractivity (Wildman–Crippen MR) is 78.9 cm³/mol. The Bertz CT molecular complexity index is 572. The Morgan fingerprint density at radius 1 is 1.44 bits per heavy atom. The molecule has 1 atom stereocenters. The molecule has 0 aliphatic carbocycles. The zero-order valence-electron chi connectivity index (χ0n) is 11.1. The van der Waals surface area contributed by atoms with Crippen molar-refractivity contribution >= 4 is 27.6 Å². The van der Waals surface area contributed by atoms with E-state index in [1.54, 1.807) is 11.3 Å². The van der Waals surface area contributed by atoms with Crippen LogP contribution < -0.4 is 5.73 Å². The molecule has 0 bridgehead atoms. The van der Waals surface area contributed by atoms with E-state index in [-0.39, 0.29) is 0 Å². The first-order valence-electron chi connectivity index (χ1n) is 6.29. The zero-order chi connectivity index (χ0) is 13.1. The van der Waals surface area contributed by atoms with Gasteiger partial charge in [0.1, 0.15) is 0 Å². The fraction of sp³-hybridized carbons (Fsp3) is 0.429. The van der Waals surface area contributed by atoms with Gasteiger partial charge in [-0.2, -0.15) is 0 Å². The number of aromatic nitrogens is 2. The molecule has 2 N–H and O–H groups in total. The summed E-state index contributed by atoms with van der Waals surface area (Å²) < 4.78 is 1.23. The first-order valence-corrected chi connectivity index (χ1v) is 7.17. The largest absolute Gasteiger partial charge is 0.327 e. The Morgan fingerprint density at radius 2 is 2.22 bits per heavy atom. The lowest BCUT2D eigenvalue weighted by Gasteiger charge is -2.10. The number of nitrogens with two attached hydrogens (primary N) is 1. The molecular formula is C14H19N3S. The highest BCUT2D eigenvalue weighted by molar-refractivity contribution is 7.17. The second-order valence-electron chi connectivity index (χ2n) is 4.51. The van der Waals surface area contributed by atoms with Crippen molar-refractivity contribution in [3.8, 4) is 0 Å². The summed E-state index contributed by atoms with van der Waals surface area (Å²) in [6.45, 7) is 7.02. The maximum Gasteiger partial charge on any atom is 0.152 e. The van der Waals surface area contributed by atoms with Gasteiger partial charge in [0.15, 0.2) is 5.82 Å². The third-order valence-corrected chi connectivity index (χ3v) is 4.23. The van der Waals surface area contributed by atoms with Crippen LogP contribution in [0.2, 0.25) is 0 Å². The van der Waals surface area contributed by atoms with Gasteiger partial charge in [-0.3, -0.25) is 0 Å². The van der Waals surface area contributed by atoms with Gasteiger partial charge in [-0.25, -0.2) is 9.97 Å². The summed E-state index contributed by atoms with van der Waals surface area (Å²) in [5.41, 5.74) is 8.96. The molecule has 2 heterocycles. The van der Waals surface area contributed by atoms with E-state index in [4.69, 9.17) is 5.73 Å². The van der Waals surface area contributed by atoms with Crippen LogP contribution in [0, 0.1) is 6.92 Å². The van der Waals surface area contributed by atoms with E-state index >= 15 is 0 Å². The standard InChI is InChI=1S/C14H19N3S/c1-4-9(2)12-14-13(10(3)8-18-14)17-11(16-12)6-5-7-15/h5-6,8-9H,4,7,15H2,1-3H3/b6-5+. The molecule has 4 heteroatoms. The maximum atomic E-state index is 5.48. The summed E-state index contributed by atoms with van der Waals surface area (Å²) in [6, 6.07) is 0. The second kappa shape index (κ2) is 5.59. The Labute approximate surface area is 112 Å². The van der Waals surface area contributed by atoms with Crippen LogP contribution in [0.15, 0.2) is 11.5 Å². The minimum Gasteiger partial charge on any atom is -0.327 e. The van der Waals surface area contributed by atoms with Crippen molar-refractivity contribution in [3.05, 3.63) is 28.5 Å². The zero-order valence-corrected chi connectivity index (χ0v) is 11.9. The van der Waals surface area contributed by atoms with Gasteiger partial charge >= 0.3 is 0 Å². The van der Waals surface area contributed by atoms with Crippen molar-refractivity contribution in [2.24, 2.45) is 5.73 Å². The molecule has 0 aliphatic rings. The lowest BCUT2D eigenvalue weighted by Crippen LogP contribution is -2.01. The summed E-state index contributed by atoms with van der Waals surface area (Å²) in [6.07, 6.45) is 4.88. The molecule has 0 saturated carbocycles. The Kier molecular flexibility index (Phi) is 4.09. The minimum atomic E-state index is 0.457. The van der Waals surface area contributed by atoms with Crippen LogP contribution in [0.4, 0.5) is 0 Å². The summed E-state index contributed by atoms with van der Waals surface area (Å²) in [5, 5.41) is 2.15. The molecular weight excluding hydrogens is 242 g/mol. The van der Waals surface area contributed by atoms with E-state index in [1.165, 1.54) is 10.3 Å². The van der Waals surface area contributed by atoms with Crippen LogP contribution in [0.3, 0.4) is 0 Å². The normalized spacial score (nSPS) is 13.6. The Hall–Kier alpha value is -1.26. The summed E-state index contributed by atoms with van der Waals surface area (Å²) >= 11 is 1.74. The van der Waals surface area contributed by atoms with Crippen molar-refractivity contribution in [3.63, 3.8) is 0 Å².